The normalized spacial score (nSPS) is 10.8. The van der Waals surface area contributed by atoms with E-state index in [0.717, 1.165) is 11.3 Å². The lowest BCUT2D eigenvalue weighted by Gasteiger charge is -2.08. The van der Waals surface area contributed by atoms with Crippen LogP contribution in [0.25, 0.3) is 0 Å². The van der Waals surface area contributed by atoms with E-state index >= 15 is 0 Å². The first kappa shape index (κ1) is 17.5. The maximum atomic E-state index is 12.1. The zero-order valence-electron chi connectivity index (χ0n) is 14.2. The number of hydrogen-bond donors (Lipinski definition) is 1. The molecule has 0 aromatic heterocycles. The fourth-order valence-corrected chi connectivity index (χ4v) is 1.97. The Morgan fingerprint density at radius 3 is 2.54 bits per heavy atom. The van der Waals surface area contributed by atoms with E-state index in [9.17, 15) is 4.79 Å². The summed E-state index contributed by atoms with van der Waals surface area (Å²) in [6.45, 7) is 4.89. The van der Waals surface area contributed by atoms with Gasteiger partial charge in [-0.2, -0.15) is 5.10 Å². The van der Waals surface area contributed by atoms with Crippen molar-refractivity contribution < 1.29 is 14.3 Å². The number of rotatable bonds is 7. The Hall–Kier alpha value is -2.82. The van der Waals surface area contributed by atoms with Gasteiger partial charge in [0.15, 0.2) is 0 Å². The highest BCUT2D eigenvalue weighted by molar-refractivity contribution is 5.97. The highest BCUT2D eigenvalue weighted by atomic mass is 16.5. The van der Waals surface area contributed by atoms with Crippen LogP contribution in [0.3, 0.4) is 0 Å². The summed E-state index contributed by atoms with van der Waals surface area (Å²) in [6, 6.07) is 14.5. The number of ether oxygens (including phenoxy) is 2. The average molecular weight is 326 g/mol. The summed E-state index contributed by atoms with van der Waals surface area (Å²) in [7, 11) is 1.53. The summed E-state index contributed by atoms with van der Waals surface area (Å²) in [4.78, 5) is 12.1. The van der Waals surface area contributed by atoms with Gasteiger partial charge in [-0.15, -0.1) is 0 Å². The fourth-order valence-electron chi connectivity index (χ4n) is 1.97. The van der Waals surface area contributed by atoms with Crippen LogP contribution in [0.15, 0.2) is 53.6 Å². The van der Waals surface area contributed by atoms with Gasteiger partial charge in [0.1, 0.15) is 11.5 Å². The van der Waals surface area contributed by atoms with Gasteiger partial charge in [0.05, 0.1) is 25.5 Å². The van der Waals surface area contributed by atoms with Crippen molar-refractivity contribution in [3.63, 3.8) is 0 Å². The molecule has 126 valence electrons. The number of nitrogens with one attached hydrogen (secondary N) is 1. The zero-order valence-corrected chi connectivity index (χ0v) is 14.2. The number of benzene rings is 2. The van der Waals surface area contributed by atoms with E-state index < -0.39 is 0 Å². The second-order valence-electron chi connectivity index (χ2n) is 5.67. The third kappa shape index (κ3) is 5.12. The van der Waals surface area contributed by atoms with E-state index in [1.165, 1.54) is 7.11 Å². The third-order valence-electron chi connectivity index (χ3n) is 3.19. The van der Waals surface area contributed by atoms with E-state index in [1.54, 1.807) is 24.4 Å². The van der Waals surface area contributed by atoms with Gasteiger partial charge in [-0.05, 0) is 47.9 Å². The van der Waals surface area contributed by atoms with Crippen LogP contribution in [0.1, 0.15) is 29.8 Å². The summed E-state index contributed by atoms with van der Waals surface area (Å²) in [5.74, 6) is 1.49. The Labute approximate surface area is 142 Å². The number of nitrogens with zero attached hydrogens (tertiary/aromatic N) is 1. The number of carbonyl (C=O) groups excluding carboxylic acids is 1. The summed E-state index contributed by atoms with van der Waals surface area (Å²) in [5.41, 5.74) is 3.80. The molecule has 2 aromatic carbocycles. The molecule has 24 heavy (non-hydrogen) atoms. The minimum Gasteiger partial charge on any atom is -0.496 e. The highest BCUT2D eigenvalue weighted by Gasteiger charge is 2.09. The molecule has 5 heteroatoms. The van der Waals surface area contributed by atoms with Crippen LogP contribution < -0.4 is 14.9 Å². The molecule has 0 fully saturated rings. The molecule has 0 atom stereocenters. The predicted octanol–water partition coefficient (Wildman–Crippen LogP) is 3.49. The lowest BCUT2D eigenvalue weighted by molar-refractivity contribution is 0.0952. The molecule has 1 N–H and O–H groups in total. The molecule has 2 rings (SSSR count). The zero-order chi connectivity index (χ0) is 17.4. The quantitative estimate of drug-likeness (QED) is 0.626. The molecule has 5 nitrogen and oxygen atoms in total. The molecule has 1 amide bonds. The summed E-state index contributed by atoms with van der Waals surface area (Å²) in [6.07, 6.45) is 1.58. The van der Waals surface area contributed by atoms with Crippen LogP contribution in [-0.4, -0.2) is 25.8 Å². The van der Waals surface area contributed by atoms with Crippen LogP contribution in [-0.2, 0) is 0 Å². The van der Waals surface area contributed by atoms with Gasteiger partial charge in [-0.1, -0.05) is 26.0 Å². The smallest absolute Gasteiger partial charge is 0.275 e. The molecular weight excluding hydrogens is 304 g/mol. The van der Waals surface area contributed by atoms with E-state index in [1.807, 2.05) is 30.3 Å². The van der Waals surface area contributed by atoms with Gasteiger partial charge in [-0.3, -0.25) is 4.79 Å². The SMILES string of the molecule is COc1ccccc1C(=O)N/N=C/c1ccc(OCC(C)C)cc1. The first-order chi connectivity index (χ1) is 11.6. The summed E-state index contributed by atoms with van der Waals surface area (Å²) >= 11 is 0. The number of methoxy groups -OCH3 is 1. The van der Waals surface area contributed by atoms with E-state index in [4.69, 9.17) is 9.47 Å². The van der Waals surface area contributed by atoms with Crippen molar-refractivity contribution in [1.82, 2.24) is 5.43 Å². The van der Waals surface area contributed by atoms with Gasteiger partial charge in [0.2, 0.25) is 0 Å². The van der Waals surface area contributed by atoms with Crippen molar-refractivity contribution in [3.05, 3.63) is 59.7 Å². The first-order valence-electron chi connectivity index (χ1n) is 7.79. The maximum Gasteiger partial charge on any atom is 0.275 e. The molecule has 0 aliphatic rings. The summed E-state index contributed by atoms with van der Waals surface area (Å²) < 4.78 is 10.8. The van der Waals surface area contributed by atoms with Crippen LogP contribution in [0.5, 0.6) is 11.5 Å². The molecule has 0 spiro atoms. The van der Waals surface area contributed by atoms with Crippen LogP contribution >= 0.6 is 0 Å². The summed E-state index contributed by atoms with van der Waals surface area (Å²) in [5, 5.41) is 3.98. The lowest BCUT2D eigenvalue weighted by atomic mass is 10.2. The number of para-hydroxylation sites is 1. The molecule has 2 aromatic rings. The first-order valence-corrected chi connectivity index (χ1v) is 7.79. The molecule has 0 heterocycles. The van der Waals surface area contributed by atoms with Gasteiger partial charge in [-0.25, -0.2) is 5.43 Å². The molecule has 0 aliphatic carbocycles. The Morgan fingerprint density at radius 1 is 1.17 bits per heavy atom. The number of amides is 1. The topological polar surface area (TPSA) is 59.9 Å². The Kier molecular flexibility index (Phi) is 6.37. The van der Waals surface area contributed by atoms with Gasteiger partial charge in [0, 0.05) is 0 Å². The predicted molar refractivity (Wildman–Crippen MR) is 94.8 cm³/mol. The Bertz CT molecular complexity index is 694. The molecule has 0 bridgehead atoms. The van der Waals surface area contributed by atoms with Crippen LogP contribution in [0.4, 0.5) is 0 Å². The van der Waals surface area contributed by atoms with Crippen molar-refractivity contribution in [2.75, 3.05) is 13.7 Å². The monoisotopic (exact) mass is 326 g/mol. The van der Waals surface area contributed by atoms with Gasteiger partial charge < -0.3 is 9.47 Å². The van der Waals surface area contributed by atoms with E-state index in [-0.39, 0.29) is 5.91 Å². The molecule has 0 radical (unpaired) electrons. The van der Waals surface area contributed by atoms with Crippen LogP contribution in [0, 0.1) is 5.92 Å². The molecule has 0 saturated heterocycles. The number of carbonyl (C=O) groups is 1. The van der Waals surface area contributed by atoms with Crippen molar-refractivity contribution in [2.24, 2.45) is 11.0 Å². The van der Waals surface area contributed by atoms with Crippen molar-refractivity contribution in [3.8, 4) is 11.5 Å². The fraction of sp³-hybridized carbons (Fsp3) is 0.263. The minimum atomic E-state index is -0.319. The molecule has 0 saturated carbocycles. The maximum absolute atomic E-state index is 12.1. The third-order valence-corrected chi connectivity index (χ3v) is 3.19. The number of hydrazone groups is 1. The van der Waals surface area contributed by atoms with Crippen molar-refractivity contribution in [2.45, 2.75) is 13.8 Å². The van der Waals surface area contributed by atoms with E-state index in [2.05, 4.69) is 24.4 Å². The van der Waals surface area contributed by atoms with Crippen molar-refractivity contribution in [1.29, 1.82) is 0 Å². The second-order valence-corrected chi connectivity index (χ2v) is 5.67. The number of hydrogen-bond acceptors (Lipinski definition) is 4. The average Bonchev–Trinajstić information content (AvgIpc) is 2.60. The molecule has 0 aliphatic heterocycles. The Morgan fingerprint density at radius 2 is 1.88 bits per heavy atom. The van der Waals surface area contributed by atoms with Crippen molar-refractivity contribution >= 4 is 12.1 Å². The van der Waals surface area contributed by atoms with Gasteiger partial charge in [0.25, 0.3) is 5.91 Å². The van der Waals surface area contributed by atoms with Gasteiger partial charge >= 0.3 is 0 Å². The second kappa shape index (κ2) is 8.72. The van der Waals surface area contributed by atoms with Crippen LogP contribution in [0.2, 0.25) is 0 Å². The Balaban J connectivity index is 1.92. The standard InChI is InChI=1S/C19H22N2O3/c1-14(2)13-24-16-10-8-15(9-11-16)12-20-21-19(22)17-6-4-5-7-18(17)23-3/h4-12,14H,13H2,1-3H3,(H,21,22)/b20-12+. The largest absolute Gasteiger partial charge is 0.496 e. The lowest BCUT2D eigenvalue weighted by Crippen LogP contribution is -2.18. The van der Waals surface area contributed by atoms with E-state index in [0.29, 0.717) is 23.8 Å². The molecular formula is C19H22N2O3. The highest BCUT2D eigenvalue weighted by Crippen LogP contribution is 2.16. The minimum absolute atomic E-state index is 0.319. The molecule has 0 unspecified atom stereocenters.